The van der Waals surface area contributed by atoms with Gasteiger partial charge in [0.15, 0.2) is 5.76 Å². The Balaban J connectivity index is 2.09. The van der Waals surface area contributed by atoms with Crippen LogP contribution in [-0.4, -0.2) is 11.5 Å². The summed E-state index contributed by atoms with van der Waals surface area (Å²) in [5.41, 5.74) is 7.29. The van der Waals surface area contributed by atoms with E-state index in [1.807, 2.05) is 0 Å². The lowest BCUT2D eigenvalue weighted by atomic mass is 10.2. The van der Waals surface area contributed by atoms with E-state index in [4.69, 9.17) is 10.3 Å². The molecule has 0 aliphatic rings. The molecule has 7 heteroatoms. The molecular weight excluding hydrogens is 273 g/mol. The van der Waals surface area contributed by atoms with Gasteiger partial charge in [0.2, 0.25) is 0 Å². The molecule has 0 radical (unpaired) electrons. The van der Waals surface area contributed by atoms with E-state index in [9.17, 15) is 13.2 Å². The largest absolute Gasteiger partial charge is 0.573 e. The number of nitrogens with two attached hydrogens (primary N) is 1. The first kappa shape index (κ1) is 14.0. The van der Waals surface area contributed by atoms with Crippen molar-refractivity contribution in [1.82, 2.24) is 5.16 Å². The van der Waals surface area contributed by atoms with Crippen molar-refractivity contribution in [3.8, 4) is 5.75 Å². The second-order valence-corrected chi connectivity index (χ2v) is 3.99. The van der Waals surface area contributed by atoms with E-state index in [-0.39, 0.29) is 5.75 Å². The van der Waals surface area contributed by atoms with E-state index in [0.29, 0.717) is 22.7 Å². The number of hydrogen-bond donors (Lipinski definition) is 1. The lowest BCUT2D eigenvalue weighted by molar-refractivity contribution is -0.274. The number of ether oxygens (including phenoxy) is 1. The molecule has 4 nitrogen and oxygen atoms in total. The van der Waals surface area contributed by atoms with Crippen molar-refractivity contribution in [3.63, 3.8) is 0 Å². The minimum Gasteiger partial charge on any atom is -0.406 e. The lowest BCUT2D eigenvalue weighted by Crippen LogP contribution is -2.16. The Bertz CT molecular complexity index is 616. The number of nitrogens with zero attached hydrogens (tertiary/aromatic N) is 1. The van der Waals surface area contributed by atoms with Crippen LogP contribution in [0.25, 0.3) is 12.2 Å². The summed E-state index contributed by atoms with van der Waals surface area (Å²) in [6, 6.07) is 5.43. The van der Waals surface area contributed by atoms with Gasteiger partial charge in [-0.3, -0.25) is 0 Å². The maximum absolute atomic E-state index is 12.0. The van der Waals surface area contributed by atoms with E-state index in [1.165, 1.54) is 24.3 Å². The third-order valence-electron chi connectivity index (χ3n) is 2.48. The average Bonchev–Trinajstić information content (AvgIpc) is 2.68. The van der Waals surface area contributed by atoms with Gasteiger partial charge in [-0.1, -0.05) is 23.4 Å². The molecule has 1 aromatic carbocycles. The van der Waals surface area contributed by atoms with Crippen LogP contribution in [0, 0.1) is 6.92 Å². The summed E-state index contributed by atoms with van der Waals surface area (Å²) < 4.78 is 44.6. The number of nitrogen functional groups attached to an aromatic ring is 1. The maximum Gasteiger partial charge on any atom is 0.573 e. The van der Waals surface area contributed by atoms with Gasteiger partial charge in [0.1, 0.15) is 17.1 Å². The van der Waals surface area contributed by atoms with Crippen LogP contribution in [0.3, 0.4) is 0 Å². The van der Waals surface area contributed by atoms with E-state index in [1.54, 1.807) is 19.1 Å². The average molecular weight is 284 g/mol. The lowest BCUT2D eigenvalue weighted by Gasteiger charge is -2.08. The minimum absolute atomic E-state index is 0.272. The van der Waals surface area contributed by atoms with Gasteiger partial charge in [-0.25, -0.2) is 0 Å². The highest BCUT2D eigenvalue weighted by Gasteiger charge is 2.30. The van der Waals surface area contributed by atoms with E-state index in [2.05, 4.69) is 9.89 Å². The van der Waals surface area contributed by atoms with Crippen molar-refractivity contribution in [2.75, 3.05) is 5.73 Å². The van der Waals surface area contributed by atoms with Crippen molar-refractivity contribution in [1.29, 1.82) is 0 Å². The predicted molar refractivity (Wildman–Crippen MR) is 67.7 cm³/mol. The van der Waals surface area contributed by atoms with Gasteiger partial charge in [-0.15, -0.1) is 13.2 Å². The molecule has 0 atom stereocenters. The number of halogens is 3. The second kappa shape index (κ2) is 5.28. The molecule has 0 aliphatic heterocycles. The normalized spacial score (nSPS) is 12.0. The Morgan fingerprint density at radius 2 is 1.85 bits per heavy atom. The summed E-state index contributed by atoms with van der Waals surface area (Å²) in [6.45, 7) is 1.68. The van der Waals surface area contributed by atoms with Crippen LogP contribution in [0.5, 0.6) is 5.75 Å². The van der Waals surface area contributed by atoms with Gasteiger partial charge in [0.05, 0.1) is 0 Å². The Morgan fingerprint density at radius 3 is 2.35 bits per heavy atom. The van der Waals surface area contributed by atoms with Gasteiger partial charge in [0, 0.05) is 0 Å². The van der Waals surface area contributed by atoms with E-state index in [0.717, 1.165) is 0 Å². The Hall–Kier alpha value is -2.44. The van der Waals surface area contributed by atoms with Crippen LogP contribution < -0.4 is 10.5 Å². The quantitative estimate of drug-likeness (QED) is 0.934. The molecule has 0 saturated heterocycles. The molecule has 0 saturated carbocycles. The molecule has 0 bridgehead atoms. The zero-order valence-corrected chi connectivity index (χ0v) is 10.4. The summed E-state index contributed by atoms with van der Waals surface area (Å²) in [5.74, 6) is 0.241. The minimum atomic E-state index is -4.69. The number of alkyl halides is 3. The molecule has 0 unspecified atom stereocenters. The summed E-state index contributed by atoms with van der Waals surface area (Å²) >= 11 is 0. The second-order valence-electron chi connectivity index (χ2n) is 3.99. The van der Waals surface area contributed by atoms with Gasteiger partial charge in [0.25, 0.3) is 0 Å². The van der Waals surface area contributed by atoms with E-state index < -0.39 is 6.36 Å². The van der Waals surface area contributed by atoms with Gasteiger partial charge >= 0.3 is 6.36 Å². The SMILES string of the molecule is Cc1onc(C=Cc2ccc(OC(F)(F)F)cc2)c1N. The number of hydrogen-bond acceptors (Lipinski definition) is 4. The van der Waals surface area contributed by atoms with Gasteiger partial charge in [-0.05, 0) is 30.7 Å². The highest BCUT2D eigenvalue weighted by Crippen LogP contribution is 2.23. The smallest absolute Gasteiger partial charge is 0.406 e. The fourth-order valence-electron chi connectivity index (χ4n) is 1.47. The Morgan fingerprint density at radius 1 is 1.20 bits per heavy atom. The van der Waals surface area contributed by atoms with Crippen LogP contribution >= 0.6 is 0 Å². The van der Waals surface area contributed by atoms with Gasteiger partial charge in [-0.2, -0.15) is 0 Å². The van der Waals surface area contributed by atoms with Crippen LogP contribution in [-0.2, 0) is 0 Å². The monoisotopic (exact) mass is 284 g/mol. The summed E-state index contributed by atoms with van der Waals surface area (Å²) in [6.07, 6.45) is -1.42. The first-order valence-corrected chi connectivity index (χ1v) is 5.61. The number of benzene rings is 1. The summed E-state index contributed by atoms with van der Waals surface area (Å²) in [7, 11) is 0. The molecule has 2 aromatic rings. The van der Waals surface area contributed by atoms with Crippen molar-refractivity contribution in [2.45, 2.75) is 13.3 Å². The van der Waals surface area contributed by atoms with Crippen molar-refractivity contribution in [3.05, 3.63) is 41.3 Å². The van der Waals surface area contributed by atoms with Gasteiger partial charge < -0.3 is 15.0 Å². The highest BCUT2D eigenvalue weighted by atomic mass is 19.4. The van der Waals surface area contributed by atoms with Crippen LogP contribution in [0.1, 0.15) is 17.0 Å². The molecule has 2 N–H and O–H groups in total. The summed E-state index contributed by atoms with van der Waals surface area (Å²) in [5, 5.41) is 3.74. The summed E-state index contributed by atoms with van der Waals surface area (Å²) in [4.78, 5) is 0. The van der Waals surface area contributed by atoms with Crippen LogP contribution in [0.2, 0.25) is 0 Å². The van der Waals surface area contributed by atoms with Crippen LogP contribution in [0.15, 0.2) is 28.8 Å². The third-order valence-corrected chi connectivity index (χ3v) is 2.48. The van der Waals surface area contributed by atoms with Crippen molar-refractivity contribution < 1.29 is 22.4 Å². The fraction of sp³-hybridized carbons (Fsp3) is 0.154. The number of anilines is 1. The predicted octanol–water partition coefficient (Wildman–Crippen LogP) is 3.63. The molecule has 0 amide bonds. The fourth-order valence-corrected chi connectivity index (χ4v) is 1.47. The standard InChI is InChI=1S/C13H11F3N2O2/c1-8-12(17)11(18-20-8)7-4-9-2-5-10(6-3-9)19-13(14,15)16/h2-7H,17H2,1H3. The molecule has 106 valence electrons. The van der Waals surface area contributed by atoms with E-state index >= 15 is 0 Å². The van der Waals surface area contributed by atoms with Crippen molar-refractivity contribution in [2.24, 2.45) is 0 Å². The molecule has 2 rings (SSSR count). The molecule has 0 spiro atoms. The molecule has 20 heavy (non-hydrogen) atoms. The molecule has 1 aromatic heterocycles. The number of rotatable bonds is 3. The molecule has 0 fully saturated rings. The first-order valence-electron chi connectivity index (χ1n) is 5.61. The molecule has 1 heterocycles. The Labute approximate surface area is 112 Å². The first-order chi connectivity index (χ1) is 9.35. The van der Waals surface area contributed by atoms with Crippen LogP contribution in [0.4, 0.5) is 18.9 Å². The maximum atomic E-state index is 12.0. The molecule has 0 aliphatic carbocycles. The highest BCUT2D eigenvalue weighted by molar-refractivity contribution is 5.74. The zero-order valence-electron chi connectivity index (χ0n) is 10.4. The molecular formula is C13H11F3N2O2. The number of aryl methyl sites for hydroxylation is 1. The zero-order chi connectivity index (χ0) is 14.8. The third kappa shape index (κ3) is 3.53. The topological polar surface area (TPSA) is 61.3 Å². The Kier molecular flexibility index (Phi) is 3.69. The van der Waals surface area contributed by atoms with Crippen molar-refractivity contribution >= 4 is 17.8 Å². The number of aromatic nitrogens is 1.